The molecule has 2 aliphatic heterocycles. The Balaban J connectivity index is 1.53. The first-order valence-electron chi connectivity index (χ1n) is 10.4. The summed E-state index contributed by atoms with van der Waals surface area (Å²) in [4.78, 5) is 26.5. The quantitative estimate of drug-likeness (QED) is 0.612. The predicted molar refractivity (Wildman–Crippen MR) is 122 cm³/mol. The third-order valence-corrected chi connectivity index (χ3v) is 7.31. The monoisotopic (exact) mass is 485 g/mol. The predicted octanol–water partition coefficient (Wildman–Crippen LogP) is 3.47. The summed E-state index contributed by atoms with van der Waals surface area (Å²) in [6.45, 7) is 0. The maximum Gasteiger partial charge on any atom is 0.306 e. The molecule has 4 N–H and O–H groups in total. The molecule has 162 valence electrons. The van der Waals surface area contributed by atoms with E-state index in [0.717, 1.165) is 45.4 Å². The third kappa shape index (κ3) is 3.31. The molecule has 2 atom stereocenters. The Kier molecular flexibility index (Phi) is 5.00. The maximum absolute atomic E-state index is 11.4. The van der Waals surface area contributed by atoms with Crippen LogP contribution in [-0.2, 0) is 4.79 Å². The van der Waals surface area contributed by atoms with Crippen molar-refractivity contribution in [2.75, 3.05) is 7.11 Å². The van der Waals surface area contributed by atoms with Gasteiger partial charge in [0.15, 0.2) is 0 Å². The van der Waals surface area contributed by atoms with E-state index in [9.17, 15) is 9.90 Å². The van der Waals surface area contributed by atoms with E-state index in [0.29, 0.717) is 18.7 Å². The Bertz CT molecular complexity index is 1130. The minimum absolute atomic E-state index is 0.0863. The number of hydrogen-bond acceptors (Lipinski definition) is 6. The fourth-order valence-corrected chi connectivity index (χ4v) is 5.45. The lowest BCUT2D eigenvalue weighted by molar-refractivity contribution is -0.143. The highest BCUT2D eigenvalue weighted by atomic mass is 79.9. The van der Waals surface area contributed by atoms with Gasteiger partial charge >= 0.3 is 5.97 Å². The number of ether oxygens (including phenoxy) is 1. The van der Waals surface area contributed by atoms with E-state index in [1.54, 1.807) is 13.3 Å². The van der Waals surface area contributed by atoms with Crippen LogP contribution in [0.3, 0.4) is 0 Å². The topological polar surface area (TPSA) is 116 Å². The lowest BCUT2D eigenvalue weighted by Gasteiger charge is -2.36. The molecule has 1 aliphatic carbocycles. The molecule has 31 heavy (non-hydrogen) atoms. The van der Waals surface area contributed by atoms with Crippen LogP contribution in [0.1, 0.15) is 31.4 Å². The zero-order valence-corrected chi connectivity index (χ0v) is 18.7. The minimum Gasteiger partial charge on any atom is -0.495 e. The van der Waals surface area contributed by atoms with E-state index in [1.165, 1.54) is 0 Å². The number of aromatic nitrogens is 1. The van der Waals surface area contributed by atoms with Crippen LogP contribution in [0.5, 0.6) is 5.75 Å². The Morgan fingerprint density at radius 3 is 2.81 bits per heavy atom. The van der Waals surface area contributed by atoms with Crippen LogP contribution in [-0.4, -0.2) is 51.8 Å². The first-order valence-corrected chi connectivity index (χ1v) is 11.2. The molecule has 5 rings (SSSR count). The second-order valence-electron chi connectivity index (χ2n) is 8.30. The molecule has 0 spiro atoms. The number of nitrogens with one attached hydrogen (secondary N) is 1. The van der Waals surface area contributed by atoms with Crippen molar-refractivity contribution >= 4 is 44.3 Å². The smallest absolute Gasteiger partial charge is 0.306 e. The molecule has 1 aromatic carbocycles. The molecule has 0 amide bonds. The van der Waals surface area contributed by atoms with Gasteiger partial charge in [-0.3, -0.25) is 9.79 Å². The van der Waals surface area contributed by atoms with Crippen molar-refractivity contribution in [1.82, 2.24) is 9.88 Å². The summed E-state index contributed by atoms with van der Waals surface area (Å²) in [5.74, 6) is 0.593. The number of hydrogen-bond donors (Lipinski definition) is 3. The van der Waals surface area contributed by atoms with Gasteiger partial charge in [0.25, 0.3) is 0 Å². The highest BCUT2D eigenvalue weighted by Crippen LogP contribution is 2.39. The van der Waals surface area contributed by atoms with Gasteiger partial charge in [-0.05, 0) is 49.8 Å². The number of carboxylic acid groups (broad SMARTS) is 1. The Morgan fingerprint density at radius 1 is 1.32 bits per heavy atom. The Morgan fingerprint density at radius 2 is 2.10 bits per heavy atom. The number of aliphatic imine (C=N–C) groups is 2. The SMILES string of the molecule is COc1ccc(Br)c2cc(C3=NC(C4CCC(C(=O)O)CC4)N4C=CN=C(N)C34)[nH]c12. The van der Waals surface area contributed by atoms with Gasteiger partial charge in [-0.15, -0.1) is 0 Å². The summed E-state index contributed by atoms with van der Waals surface area (Å²) in [5, 5.41) is 10.3. The molecule has 3 aliphatic rings. The van der Waals surface area contributed by atoms with Crippen LogP contribution in [0.2, 0.25) is 0 Å². The number of aromatic amines is 1. The molecule has 9 heteroatoms. The lowest BCUT2D eigenvalue weighted by atomic mass is 9.80. The first-order chi connectivity index (χ1) is 15.0. The van der Waals surface area contributed by atoms with Crippen LogP contribution in [0.25, 0.3) is 10.9 Å². The van der Waals surface area contributed by atoms with Crippen molar-refractivity contribution in [2.45, 2.75) is 37.9 Å². The molecule has 1 saturated carbocycles. The molecule has 1 aromatic heterocycles. The fraction of sp³-hybridized carbons (Fsp3) is 0.409. The van der Waals surface area contributed by atoms with Gasteiger partial charge < -0.3 is 25.5 Å². The molecule has 8 nitrogen and oxygen atoms in total. The summed E-state index contributed by atoms with van der Waals surface area (Å²) < 4.78 is 6.49. The number of rotatable bonds is 4. The van der Waals surface area contributed by atoms with Crippen LogP contribution in [0, 0.1) is 11.8 Å². The molecule has 0 radical (unpaired) electrons. The number of fused-ring (bicyclic) bond motifs is 2. The largest absolute Gasteiger partial charge is 0.495 e. The molecule has 2 aromatic rings. The fourth-order valence-electron chi connectivity index (χ4n) is 5.01. The number of amidine groups is 1. The van der Waals surface area contributed by atoms with Gasteiger partial charge in [0.2, 0.25) is 0 Å². The normalized spacial score (nSPS) is 27.7. The number of methoxy groups -OCH3 is 1. The van der Waals surface area contributed by atoms with Crippen molar-refractivity contribution in [3.05, 3.63) is 40.8 Å². The number of nitrogens with zero attached hydrogens (tertiary/aromatic N) is 3. The molecule has 1 fully saturated rings. The average Bonchev–Trinajstić information content (AvgIpc) is 3.38. The number of halogens is 1. The molecule has 3 heterocycles. The summed E-state index contributed by atoms with van der Waals surface area (Å²) in [5.41, 5.74) is 8.96. The van der Waals surface area contributed by atoms with Crippen molar-refractivity contribution in [3.63, 3.8) is 0 Å². The number of nitrogens with two attached hydrogens (primary N) is 1. The van der Waals surface area contributed by atoms with E-state index in [2.05, 4.69) is 36.9 Å². The number of H-pyrrole nitrogens is 1. The van der Waals surface area contributed by atoms with Crippen LogP contribution in [0.4, 0.5) is 0 Å². The van der Waals surface area contributed by atoms with Gasteiger partial charge in [-0.2, -0.15) is 0 Å². The second kappa shape index (κ2) is 7.71. The Hall–Kier alpha value is -2.81. The van der Waals surface area contributed by atoms with Crippen LogP contribution < -0.4 is 10.5 Å². The zero-order valence-electron chi connectivity index (χ0n) is 17.1. The zero-order chi connectivity index (χ0) is 21.7. The maximum atomic E-state index is 11.4. The number of benzene rings is 1. The first kappa shape index (κ1) is 20.1. The van der Waals surface area contributed by atoms with Gasteiger partial charge in [-0.25, -0.2) is 4.99 Å². The number of aliphatic carboxylic acids is 1. The van der Waals surface area contributed by atoms with Crippen LogP contribution in [0.15, 0.2) is 45.1 Å². The average molecular weight is 486 g/mol. The van der Waals surface area contributed by atoms with E-state index in [1.807, 2.05) is 18.3 Å². The molecular weight excluding hydrogens is 462 g/mol. The van der Waals surface area contributed by atoms with Crippen molar-refractivity contribution in [1.29, 1.82) is 0 Å². The summed E-state index contributed by atoms with van der Waals surface area (Å²) in [6.07, 6.45) is 6.61. The van der Waals surface area contributed by atoms with Crippen molar-refractivity contribution in [3.8, 4) is 5.75 Å². The Labute approximate surface area is 188 Å². The molecule has 2 unspecified atom stereocenters. The van der Waals surface area contributed by atoms with Crippen molar-refractivity contribution < 1.29 is 14.6 Å². The highest BCUT2D eigenvalue weighted by Gasteiger charge is 2.44. The highest BCUT2D eigenvalue weighted by molar-refractivity contribution is 9.10. The summed E-state index contributed by atoms with van der Waals surface area (Å²) >= 11 is 3.62. The lowest BCUT2D eigenvalue weighted by Crippen LogP contribution is -2.49. The number of carbonyl (C=O) groups is 1. The van der Waals surface area contributed by atoms with E-state index >= 15 is 0 Å². The molecule has 0 bridgehead atoms. The van der Waals surface area contributed by atoms with Gasteiger partial charge in [0.1, 0.15) is 23.8 Å². The summed E-state index contributed by atoms with van der Waals surface area (Å²) in [6, 6.07) is 5.70. The van der Waals surface area contributed by atoms with E-state index < -0.39 is 5.97 Å². The van der Waals surface area contributed by atoms with Crippen molar-refractivity contribution in [2.24, 2.45) is 27.6 Å². The molecule has 0 saturated heterocycles. The summed E-state index contributed by atoms with van der Waals surface area (Å²) in [7, 11) is 1.65. The third-order valence-electron chi connectivity index (χ3n) is 6.62. The van der Waals surface area contributed by atoms with Crippen LogP contribution >= 0.6 is 15.9 Å². The van der Waals surface area contributed by atoms with Gasteiger partial charge in [0.05, 0.1) is 30.0 Å². The van der Waals surface area contributed by atoms with E-state index in [4.69, 9.17) is 15.5 Å². The minimum atomic E-state index is -0.696. The van der Waals surface area contributed by atoms with Gasteiger partial charge in [-0.1, -0.05) is 15.9 Å². The van der Waals surface area contributed by atoms with E-state index in [-0.39, 0.29) is 24.0 Å². The standard InChI is InChI=1S/C22H24BrN5O3/c1-31-16-7-6-14(23)13-10-15(26-17(13)16)18-19-20(24)25-8-9-28(19)21(27-18)11-2-4-12(5-3-11)22(29)30/h6-12,19,21,26H,2-5H2,1H3,(H2,24,25)(H,29,30). The van der Waals surface area contributed by atoms with Gasteiger partial charge in [0, 0.05) is 22.3 Å². The number of carboxylic acids is 1. The second-order valence-corrected chi connectivity index (χ2v) is 9.16. The molecular formula is C22H24BrN5O3.